The van der Waals surface area contributed by atoms with Crippen LogP contribution in [0, 0.1) is 11.7 Å². The van der Waals surface area contributed by atoms with E-state index in [0.29, 0.717) is 31.6 Å². The molecule has 1 unspecified atom stereocenters. The topological polar surface area (TPSA) is 55.2 Å². The molecular formula is C15H16FN3O2. The molecule has 0 radical (unpaired) electrons. The zero-order chi connectivity index (χ0) is 15.0. The third kappa shape index (κ3) is 2.41. The lowest BCUT2D eigenvalue weighted by molar-refractivity contribution is -0.127. The van der Waals surface area contributed by atoms with Gasteiger partial charge in [-0.05, 0) is 19.1 Å². The van der Waals surface area contributed by atoms with Crippen LogP contribution in [0.3, 0.4) is 0 Å². The second-order valence-electron chi connectivity index (χ2n) is 5.34. The number of hydrogen-bond donors (Lipinski definition) is 0. The molecule has 1 aromatic heterocycles. The molecule has 6 heteroatoms. The first-order chi connectivity index (χ1) is 10.1. The van der Waals surface area contributed by atoms with Crippen molar-refractivity contribution in [2.75, 3.05) is 13.1 Å². The van der Waals surface area contributed by atoms with Gasteiger partial charge in [-0.25, -0.2) is 9.37 Å². The number of nitrogens with zero attached hydrogens (tertiary/aromatic N) is 3. The molecule has 2 aromatic rings. The second kappa shape index (κ2) is 5.27. The number of likely N-dealkylation sites (tertiary alicyclic amines) is 1. The first kappa shape index (κ1) is 13.7. The van der Waals surface area contributed by atoms with Crippen LogP contribution in [-0.2, 0) is 11.3 Å². The maximum atomic E-state index is 13.8. The number of aromatic nitrogens is 2. The van der Waals surface area contributed by atoms with Crippen LogP contribution >= 0.6 is 0 Å². The van der Waals surface area contributed by atoms with Crippen molar-refractivity contribution >= 4 is 16.8 Å². The van der Waals surface area contributed by atoms with Crippen LogP contribution < -0.4 is 5.56 Å². The predicted octanol–water partition coefficient (Wildman–Crippen LogP) is 1.40. The predicted molar refractivity (Wildman–Crippen MR) is 76.3 cm³/mol. The van der Waals surface area contributed by atoms with E-state index >= 15 is 0 Å². The van der Waals surface area contributed by atoms with Gasteiger partial charge >= 0.3 is 0 Å². The summed E-state index contributed by atoms with van der Waals surface area (Å²) in [5, 5.41) is 0.0108. The van der Waals surface area contributed by atoms with Crippen molar-refractivity contribution < 1.29 is 9.18 Å². The fraction of sp³-hybridized carbons (Fsp3) is 0.400. The summed E-state index contributed by atoms with van der Waals surface area (Å²) in [6, 6.07) is 4.40. The van der Waals surface area contributed by atoms with Crippen LogP contribution in [0.25, 0.3) is 10.9 Å². The fourth-order valence-electron chi connectivity index (χ4n) is 2.85. The monoisotopic (exact) mass is 289 g/mol. The van der Waals surface area contributed by atoms with Crippen molar-refractivity contribution in [3.63, 3.8) is 0 Å². The minimum Gasteiger partial charge on any atom is -0.343 e. The van der Waals surface area contributed by atoms with Gasteiger partial charge in [0.1, 0.15) is 11.2 Å². The number of rotatable bonds is 3. The van der Waals surface area contributed by atoms with Crippen molar-refractivity contribution in [1.29, 1.82) is 0 Å². The molecule has 1 aromatic carbocycles. The van der Waals surface area contributed by atoms with E-state index in [4.69, 9.17) is 0 Å². The first-order valence-electron chi connectivity index (χ1n) is 7.01. The van der Waals surface area contributed by atoms with E-state index in [9.17, 15) is 14.0 Å². The average molecular weight is 289 g/mol. The fourth-order valence-corrected chi connectivity index (χ4v) is 2.85. The summed E-state index contributed by atoms with van der Waals surface area (Å²) in [6.07, 6.45) is 1.86. The molecule has 21 heavy (non-hydrogen) atoms. The van der Waals surface area contributed by atoms with Crippen LogP contribution in [0.4, 0.5) is 4.39 Å². The van der Waals surface area contributed by atoms with Crippen molar-refractivity contribution in [2.45, 2.75) is 19.9 Å². The Morgan fingerprint density at radius 1 is 1.38 bits per heavy atom. The van der Waals surface area contributed by atoms with Gasteiger partial charge in [0.25, 0.3) is 5.56 Å². The standard InChI is InChI=1S/C15H16FN3O2/c1-2-18-7-10(6-13(18)20)8-19-9-17-12-5-3-4-11(16)14(12)15(19)21/h3-5,9-10H,2,6-8H2,1H3. The Morgan fingerprint density at radius 2 is 2.19 bits per heavy atom. The molecule has 0 spiro atoms. The van der Waals surface area contributed by atoms with Crippen LogP contribution in [0.15, 0.2) is 29.3 Å². The largest absolute Gasteiger partial charge is 0.343 e. The van der Waals surface area contributed by atoms with E-state index < -0.39 is 5.82 Å². The zero-order valence-electron chi connectivity index (χ0n) is 11.8. The Balaban J connectivity index is 1.92. The van der Waals surface area contributed by atoms with Gasteiger partial charge in [0.2, 0.25) is 5.91 Å². The normalized spacial score (nSPS) is 18.7. The molecule has 110 valence electrons. The van der Waals surface area contributed by atoms with Gasteiger partial charge in [0, 0.05) is 32.0 Å². The van der Waals surface area contributed by atoms with E-state index in [1.807, 2.05) is 6.92 Å². The number of fused-ring (bicyclic) bond motifs is 1. The minimum absolute atomic E-state index is 0.0108. The highest BCUT2D eigenvalue weighted by molar-refractivity contribution is 5.79. The summed E-state index contributed by atoms with van der Waals surface area (Å²) in [5.41, 5.74) is -0.0329. The molecule has 1 amide bonds. The van der Waals surface area contributed by atoms with Crippen molar-refractivity contribution in [2.24, 2.45) is 5.92 Å². The molecule has 1 aliphatic rings. The summed E-state index contributed by atoms with van der Waals surface area (Å²) < 4.78 is 15.2. The molecule has 1 atom stereocenters. The molecule has 1 saturated heterocycles. The van der Waals surface area contributed by atoms with Crippen LogP contribution in [0.1, 0.15) is 13.3 Å². The van der Waals surface area contributed by atoms with Gasteiger partial charge in [-0.2, -0.15) is 0 Å². The van der Waals surface area contributed by atoms with Gasteiger partial charge < -0.3 is 4.90 Å². The molecule has 0 aliphatic carbocycles. The first-order valence-corrected chi connectivity index (χ1v) is 7.01. The number of hydrogen-bond acceptors (Lipinski definition) is 3. The van der Waals surface area contributed by atoms with Gasteiger partial charge in [-0.15, -0.1) is 0 Å². The molecule has 0 N–H and O–H groups in total. The number of halogens is 1. The molecule has 5 nitrogen and oxygen atoms in total. The number of amides is 1. The third-order valence-corrected chi connectivity index (χ3v) is 3.93. The lowest BCUT2D eigenvalue weighted by Crippen LogP contribution is -2.27. The molecule has 0 bridgehead atoms. The summed E-state index contributed by atoms with van der Waals surface area (Å²) in [7, 11) is 0. The summed E-state index contributed by atoms with van der Waals surface area (Å²) in [6.45, 7) is 3.63. The Bertz CT molecular complexity index is 756. The lowest BCUT2D eigenvalue weighted by atomic mass is 10.1. The average Bonchev–Trinajstić information content (AvgIpc) is 2.82. The van der Waals surface area contributed by atoms with Crippen molar-refractivity contribution in [3.05, 3.63) is 40.7 Å². The second-order valence-corrected chi connectivity index (χ2v) is 5.34. The smallest absolute Gasteiger partial charge is 0.264 e. The van der Waals surface area contributed by atoms with Gasteiger partial charge in [0.05, 0.1) is 11.8 Å². The summed E-state index contributed by atoms with van der Waals surface area (Å²) >= 11 is 0. The van der Waals surface area contributed by atoms with Crippen LogP contribution in [0.5, 0.6) is 0 Å². The highest BCUT2D eigenvalue weighted by Gasteiger charge is 2.28. The Morgan fingerprint density at radius 3 is 2.90 bits per heavy atom. The zero-order valence-corrected chi connectivity index (χ0v) is 11.8. The quantitative estimate of drug-likeness (QED) is 0.858. The maximum Gasteiger partial charge on any atom is 0.264 e. The Kier molecular flexibility index (Phi) is 3.45. The Hall–Kier alpha value is -2.24. The maximum absolute atomic E-state index is 13.8. The molecule has 3 rings (SSSR count). The summed E-state index contributed by atoms with van der Waals surface area (Å²) in [4.78, 5) is 30.0. The van der Waals surface area contributed by atoms with Crippen molar-refractivity contribution in [1.82, 2.24) is 14.5 Å². The van der Waals surface area contributed by atoms with Crippen molar-refractivity contribution in [3.8, 4) is 0 Å². The van der Waals surface area contributed by atoms with Gasteiger partial charge in [-0.1, -0.05) is 6.07 Å². The minimum atomic E-state index is -0.558. The van der Waals surface area contributed by atoms with Crippen LogP contribution in [-0.4, -0.2) is 33.4 Å². The lowest BCUT2D eigenvalue weighted by Gasteiger charge is -2.14. The molecule has 1 aliphatic heterocycles. The van der Waals surface area contributed by atoms with E-state index in [0.717, 1.165) is 0 Å². The molecular weight excluding hydrogens is 273 g/mol. The van der Waals surface area contributed by atoms with E-state index in [2.05, 4.69) is 4.98 Å². The number of carbonyl (C=O) groups excluding carboxylic acids is 1. The van der Waals surface area contributed by atoms with Crippen LogP contribution in [0.2, 0.25) is 0 Å². The molecule has 2 heterocycles. The SMILES string of the molecule is CCN1CC(Cn2cnc3cccc(F)c3c2=O)CC1=O. The highest BCUT2D eigenvalue weighted by Crippen LogP contribution is 2.19. The highest BCUT2D eigenvalue weighted by atomic mass is 19.1. The Labute approximate surface area is 121 Å². The van der Waals surface area contributed by atoms with E-state index in [1.165, 1.54) is 23.0 Å². The third-order valence-electron chi connectivity index (χ3n) is 3.93. The van der Waals surface area contributed by atoms with Gasteiger partial charge in [0.15, 0.2) is 0 Å². The molecule has 1 fully saturated rings. The molecule has 0 saturated carbocycles. The summed E-state index contributed by atoms with van der Waals surface area (Å²) in [5.74, 6) is -0.381. The van der Waals surface area contributed by atoms with Gasteiger partial charge in [-0.3, -0.25) is 14.2 Å². The van der Waals surface area contributed by atoms with E-state index in [1.54, 1.807) is 11.0 Å². The number of carbonyl (C=O) groups is 1. The number of benzene rings is 1. The van der Waals surface area contributed by atoms with E-state index in [-0.39, 0.29) is 22.8 Å².